The molecule has 2 aromatic heterocycles. The van der Waals surface area contributed by atoms with E-state index in [1.807, 2.05) is 18.2 Å². The third-order valence-corrected chi connectivity index (χ3v) is 4.17. The van der Waals surface area contributed by atoms with Crippen molar-refractivity contribution in [2.45, 2.75) is 0 Å². The minimum Gasteiger partial charge on any atom is -0.305 e. The van der Waals surface area contributed by atoms with Crippen molar-refractivity contribution in [3.63, 3.8) is 0 Å². The number of hydrogen-bond acceptors (Lipinski definition) is 3. The van der Waals surface area contributed by atoms with Crippen LogP contribution in [-0.2, 0) is 0 Å². The first-order valence-corrected chi connectivity index (χ1v) is 7.83. The summed E-state index contributed by atoms with van der Waals surface area (Å²) in [7, 11) is 0. The third-order valence-electron chi connectivity index (χ3n) is 2.94. The second kappa shape index (κ2) is 6.45. The molecular formula is C15H10ClIN4O. The zero-order valence-corrected chi connectivity index (χ0v) is 14.1. The molecule has 0 saturated carbocycles. The van der Waals surface area contributed by atoms with Crippen molar-refractivity contribution in [3.05, 3.63) is 69.1 Å². The number of anilines is 1. The van der Waals surface area contributed by atoms with Gasteiger partial charge in [0.2, 0.25) is 0 Å². The predicted molar refractivity (Wildman–Crippen MR) is 93.5 cm³/mol. The van der Waals surface area contributed by atoms with E-state index in [-0.39, 0.29) is 5.91 Å². The quantitative estimate of drug-likeness (QED) is 0.514. The molecule has 0 fully saturated rings. The number of nitrogens with one attached hydrogen (secondary N) is 1. The maximum Gasteiger partial charge on any atom is 0.257 e. The molecule has 0 radical (unpaired) electrons. The smallest absolute Gasteiger partial charge is 0.257 e. The summed E-state index contributed by atoms with van der Waals surface area (Å²) in [6.07, 6.45) is 3.32. The zero-order chi connectivity index (χ0) is 15.5. The van der Waals surface area contributed by atoms with Crippen LogP contribution in [0.4, 0.5) is 5.82 Å². The molecule has 3 rings (SSSR count). The molecule has 0 aliphatic rings. The van der Waals surface area contributed by atoms with E-state index in [1.54, 1.807) is 41.3 Å². The van der Waals surface area contributed by atoms with Crippen molar-refractivity contribution in [1.82, 2.24) is 14.8 Å². The first kappa shape index (κ1) is 15.0. The van der Waals surface area contributed by atoms with Crippen molar-refractivity contribution >= 4 is 45.9 Å². The fraction of sp³-hybridized carbons (Fsp3) is 0. The summed E-state index contributed by atoms with van der Waals surface area (Å²) in [5.74, 6) is 0.247. The Morgan fingerprint density at radius 1 is 1.18 bits per heavy atom. The summed E-state index contributed by atoms with van der Waals surface area (Å²) < 4.78 is 2.45. The summed E-state index contributed by atoms with van der Waals surface area (Å²) in [5, 5.41) is 7.41. The molecule has 0 saturated heterocycles. The Hall–Kier alpha value is -1.93. The van der Waals surface area contributed by atoms with Crippen LogP contribution in [0.2, 0.25) is 5.15 Å². The molecule has 0 unspecified atom stereocenters. The van der Waals surface area contributed by atoms with Crippen LogP contribution in [0.1, 0.15) is 10.4 Å². The maximum absolute atomic E-state index is 12.2. The molecule has 2 heterocycles. The summed E-state index contributed by atoms with van der Waals surface area (Å²) in [6.45, 7) is 0. The molecule has 0 aliphatic heterocycles. The van der Waals surface area contributed by atoms with Crippen LogP contribution >= 0.6 is 34.2 Å². The molecule has 3 aromatic rings. The standard InChI is InChI=1S/C15H10ClIN4O/c16-14-12(6-3-8-18-14)21-9-7-13(20-21)19-15(22)10-4-1-2-5-11(10)17/h1-9H,(H,19,20,22). The molecule has 5 nitrogen and oxygen atoms in total. The van der Waals surface area contributed by atoms with Crippen LogP contribution in [-0.4, -0.2) is 20.7 Å². The van der Waals surface area contributed by atoms with Gasteiger partial charge in [-0.05, 0) is 46.9 Å². The van der Waals surface area contributed by atoms with E-state index in [0.29, 0.717) is 22.2 Å². The second-order valence-electron chi connectivity index (χ2n) is 4.39. The van der Waals surface area contributed by atoms with Gasteiger partial charge in [0.25, 0.3) is 5.91 Å². The molecule has 0 bridgehead atoms. The number of pyridine rings is 1. The van der Waals surface area contributed by atoms with Crippen molar-refractivity contribution in [2.75, 3.05) is 5.32 Å². The molecule has 7 heteroatoms. The van der Waals surface area contributed by atoms with Crippen LogP contribution < -0.4 is 5.32 Å². The van der Waals surface area contributed by atoms with E-state index < -0.39 is 0 Å². The minimum absolute atomic E-state index is 0.201. The van der Waals surface area contributed by atoms with E-state index in [2.05, 4.69) is 38.0 Å². The Morgan fingerprint density at radius 2 is 2.00 bits per heavy atom. The van der Waals surface area contributed by atoms with E-state index in [9.17, 15) is 4.79 Å². The molecule has 1 aromatic carbocycles. The molecule has 1 N–H and O–H groups in total. The van der Waals surface area contributed by atoms with Crippen LogP contribution in [0.25, 0.3) is 5.69 Å². The van der Waals surface area contributed by atoms with Gasteiger partial charge in [0.1, 0.15) is 5.69 Å². The Kier molecular flexibility index (Phi) is 4.39. The molecule has 0 aliphatic carbocycles. The van der Waals surface area contributed by atoms with Crippen LogP contribution in [0.3, 0.4) is 0 Å². The van der Waals surface area contributed by atoms with Crippen molar-refractivity contribution in [2.24, 2.45) is 0 Å². The lowest BCUT2D eigenvalue weighted by molar-refractivity contribution is 0.102. The molecular weight excluding hydrogens is 415 g/mol. The molecule has 0 spiro atoms. The van der Waals surface area contributed by atoms with Crippen LogP contribution in [0.15, 0.2) is 54.9 Å². The highest BCUT2D eigenvalue weighted by atomic mass is 127. The first-order valence-electron chi connectivity index (χ1n) is 6.37. The number of rotatable bonds is 3. The lowest BCUT2D eigenvalue weighted by Gasteiger charge is -2.05. The maximum atomic E-state index is 12.2. The lowest BCUT2D eigenvalue weighted by Crippen LogP contribution is -2.14. The summed E-state index contributed by atoms with van der Waals surface area (Å²) in [6, 6.07) is 12.6. The molecule has 110 valence electrons. The van der Waals surface area contributed by atoms with Gasteiger partial charge < -0.3 is 5.32 Å². The predicted octanol–water partition coefficient (Wildman–Crippen LogP) is 3.78. The number of hydrogen-bond donors (Lipinski definition) is 1. The number of amides is 1. The fourth-order valence-electron chi connectivity index (χ4n) is 1.90. The van der Waals surface area contributed by atoms with Gasteiger partial charge >= 0.3 is 0 Å². The topological polar surface area (TPSA) is 59.8 Å². The Bertz CT molecular complexity index is 834. The highest BCUT2D eigenvalue weighted by Gasteiger charge is 2.12. The average Bonchev–Trinajstić information content (AvgIpc) is 2.96. The van der Waals surface area contributed by atoms with Gasteiger partial charge in [-0.15, -0.1) is 5.10 Å². The van der Waals surface area contributed by atoms with Crippen LogP contribution in [0.5, 0.6) is 0 Å². The number of aromatic nitrogens is 3. The summed E-state index contributed by atoms with van der Waals surface area (Å²) >= 11 is 8.16. The van der Waals surface area contributed by atoms with E-state index in [4.69, 9.17) is 11.6 Å². The Morgan fingerprint density at radius 3 is 2.77 bits per heavy atom. The minimum atomic E-state index is -0.201. The fourth-order valence-corrected chi connectivity index (χ4v) is 2.74. The van der Waals surface area contributed by atoms with Gasteiger partial charge in [-0.2, -0.15) is 0 Å². The molecule has 22 heavy (non-hydrogen) atoms. The normalized spacial score (nSPS) is 10.5. The van der Waals surface area contributed by atoms with Gasteiger partial charge in [-0.3, -0.25) is 4.79 Å². The highest BCUT2D eigenvalue weighted by molar-refractivity contribution is 14.1. The lowest BCUT2D eigenvalue weighted by atomic mass is 10.2. The molecule has 1 amide bonds. The van der Waals surface area contributed by atoms with Crippen molar-refractivity contribution in [1.29, 1.82) is 0 Å². The van der Waals surface area contributed by atoms with Gasteiger partial charge in [0.15, 0.2) is 11.0 Å². The van der Waals surface area contributed by atoms with Gasteiger partial charge in [0, 0.05) is 22.0 Å². The zero-order valence-electron chi connectivity index (χ0n) is 11.2. The SMILES string of the molecule is O=C(Nc1ccn(-c2cccnc2Cl)n1)c1ccccc1I. The first-order chi connectivity index (χ1) is 10.6. The van der Waals surface area contributed by atoms with E-state index in [1.165, 1.54) is 0 Å². The Labute approximate surface area is 145 Å². The van der Waals surface area contributed by atoms with Crippen molar-refractivity contribution in [3.8, 4) is 5.69 Å². The Balaban J connectivity index is 1.82. The van der Waals surface area contributed by atoms with Crippen LogP contribution in [0, 0.1) is 3.57 Å². The number of halogens is 2. The van der Waals surface area contributed by atoms with Gasteiger partial charge in [0.05, 0.1) is 5.56 Å². The molecule has 0 atom stereocenters. The number of nitrogens with zero attached hydrogens (tertiary/aromatic N) is 3. The highest BCUT2D eigenvalue weighted by Crippen LogP contribution is 2.18. The monoisotopic (exact) mass is 424 g/mol. The van der Waals surface area contributed by atoms with E-state index in [0.717, 1.165) is 3.57 Å². The third kappa shape index (κ3) is 3.12. The number of benzene rings is 1. The average molecular weight is 425 g/mol. The van der Waals surface area contributed by atoms with E-state index >= 15 is 0 Å². The van der Waals surface area contributed by atoms with Gasteiger partial charge in [-0.25, -0.2) is 9.67 Å². The number of carbonyl (C=O) groups excluding carboxylic acids is 1. The summed E-state index contributed by atoms with van der Waals surface area (Å²) in [5.41, 5.74) is 1.26. The largest absolute Gasteiger partial charge is 0.305 e. The second-order valence-corrected chi connectivity index (χ2v) is 5.91. The van der Waals surface area contributed by atoms with Crippen molar-refractivity contribution < 1.29 is 4.79 Å². The van der Waals surface area contributed by atoms with Gasteiger partial charge in [-0.1, -0.05) is 23.7 Å². The number of carbonyl (C=O) groups is 1. The summed E-state index contributed by atoms with van der Waals surface area (Å²) in [4.78, 5) is 16.2.